The van der Waals surface area contributed by atoms with Gasteiger partial charge in [-0.05, 0) is 73.4 Å². The fourth-order valence-corrected chi connectivity index (χ4v) is 4.61. The molecule has 0 unspecified atom stereocenters. The van der Waals surface area contributed by atoms with Gasteiger partial charge in [-0.3, -0.25) is 0 Å². The number of allylic oxidation sites excluding steroid dienone is 1. The van der Waals surface area contributed by atoms with Gasteiger partial charge in [0.1, 0.15) is 0 Å². The summed E-state index contributed by atoms with van der Waals surface area (Å²) in [6.45, 7) is 13.4. The van der Waals surface area contributed by atoms with Gasteiger partial charge in [0.2, 0.25) is 0 Å². The number of fused-ring (bicyclic) bond motifs is 1. The van der Waals surface area contributed by atoms with Gasteiger partial charge in [0.05, 0.1) is 0 Å². The van der Waals surface area contributed by atoms with Crippen molar-refractivity contribution in [1.29, 1.82) is 0 Å². The summed E-state index contributed by atoms with van der Waals surface area (Å²) in [7, 11) is 0. The van der Waals surface area contributed by atoms with Gasteiger partial charge in [-0.1, -0.05) is 96.3 Å². The molecule has 0 amide bonds. The summed E-state index contributed by atoms with van der Waals surface area (Å²) in [5.74, 6) is 0.576. The molecule has 1 aliphatic rings. The van der Waals surface area contributed by atoms with E-state index in [0.717, 1.165) is 6.42 Å². The summed E-state index contributed by atoms with van der Waals surface area (Å²) in [6.07, 6.45) is 3.52. The number of aryl methyl sites for hydroxylation is 4. The highest BCUT2D eigenvalue weighted by atomic mass is 14.3. The van der Waals surface area contributed by atoms with Crippen molar-refractivity contribution >= 4 is 6.08 Å². The Morgan fingerprint density at radius 1 is 0.643 bits per heavy atom. The Labute approximate surface area is 169 Å². The van der Waals surface area contributed by atoms with E-state index in [1.807, 2.05) is 0 Å². The average Bonchev–Trinajstić information content (AvgIpc) is 3.04. The fraction of sp³-hybridized carbons (Fsp3) is 0.286. The first kappa shape index (κ1) is 18.7. The first-order valence-electron chi connectivity index (χ1n) is 10.4. The van der Waals surface area contributed by atoms with Gasteiger partial charge in [-0.2, -0.15) is 0 Å². The molecular formula is C28H30. The molecule has 3 aromatic rings. The number of hydrogen-bond acceptors (Lipinski definition) is 0. The standard InChI is InChI=1S/C28H30/c1-17(2)22-15-27-25(23-11-18(3)9-19(4)12-23)7-8-26(28(27)16-22)24-13-20(5)10-21(6)14-24/h7-15,17H,16H2,1-6H3. The molecule has 0 N–H and O–H groups in total. The lowest BCUT2D eigenvalue weighted by atomic mass is 9.88. The van der Waals surface area contributed by atoms with E-state index in [0.29, 0.717) is 5.92 Å². The van der Waals surface area contributed by atoms with E-state index in [1.54, 1.807) is 0 Å². The molecule has 0 saturated carbocycles. The van der Waals surface area contributed by atoms with E-state index >= 15 is 0 Å². The maximum absolute atomic E-state index is 2.46. The molecule has 4 rings (SSSR count). The Bertz CT molecular complexity index is 1050. The zero-order valence-corrected chi connectivity index (χ0v) is 18.0. The number of hydrogen-bond donors (Lipinski definition) is 0. The Morgan fingerprint density at radius 3 is 1.61 bits per heavy atom. The van der Waals surface area contributed by atoms with Crippen LogP contribution < -0.4 is 0 Å². The Kier molecular flexibility index (Phi) is 4.75. The summed E-state index contributed by atoms with van der Waals surface area (Å²) in [5.41, 5.74) is 15.2. The van der Waals surface area contributed by atoms with Crippen molar-refractivity contribution in [1.82, 2.24) is 0 Å². The van der Waals surface area contributed by atoms with E-state index in [9.17, 15) is 0 Å². The fourth-order valence-electron chi connectivity index (χ4n) is 4.61. The maximum Gasteiger partial charge on any atom is -0.00489 e. The van der Waals surface area contributed by atoms with Crippen LogP contribution in [0.4, 0.5) is 0 Å². The molecule has 3 aromatic carbocycles. The first-order valence-corrected chi connectivity index (χ1v) is 10.4. The quantitative estimate of drug-likeness (QED) is 0.443. The van der Waals surface area contributed by atoms with Crippen LogP contribution in [0.1, 0.15) is 47.2 Å². The van der Waals surface area contributed by atoms with Crippen LogP contribution in [0.5, 0.6) is 0 Å². The normalized spacial score (nSPS) is 13.0. The van der Waals surface area contributed by atoms with Gasteiger partial charge in [0, 0.05) is 0 Å². The highest BCUT2D eigenvalue weighted by molar-refractivity contribution is 5.87. The molecule has 0 heterocycles. The van der Waals surface area contributed by atoms with Crippen LogP contribution in [0.25, 0.3) is 28.3 Å². The Morgan fingerprint density at radius 2 is 1.11 bits per heavy atom. The Balaban J connectivity index is 1.94. The van der Waals surface area contributed by atoms with Crippen LogP contribution in [-0.2, 0) is 6.42 Å². The van der Waals surface area contributed by atoms with Crippen molar-refractivity contribution < 1.29 is 0 Å². The van der Waals surface area contributed by atoms with Crippen molar-refractivity contribution in [3.63, 3.8) is 0 Å². The largest absolute Gasteiger partial charge is 0.0626 e. The molecule has 0 nitrogen and oxygen atoms in total. The second kappa shape index (κ2) is 7.09. The topological polar surface area (TPSA) is 0 Å². The van der Waals surface area contributed by atoms with Gasteiger partial charge in [-0.15, -0.1) is 0 Å². The number of rotatable bonds is 3. The molecule has 28 heavy (non-hydrogen) atoms. The van der Waals surface area contributed by atoms with Crippen molar-refractivity contribution in [3.05, 3.63) is 87.5 Å². The molecule has 0 bridgehead atoms. The zero-order valence-electron chi connectivity index (χ0n) is 18.0. The molecule has 0 saturated heterocycles. The number of benzene rings is 3. The maximum atomic E-state index is 2.46. The third-order valence-electron chi connectivity index (χ3n) is 5.87. The summed E-state index contributed by atoms with van der Waals surface area (Å²) in [5, 5.41) is 0. The molecule has 0 aliphatic heterocycles. The lowest BCUT2D eigenvalue weighted by molar-refractivity contribution is 0.755. The minimum absolute atomic E-state index is 0.576. The minimum Gasteiger partial charge on any atom is -0.0626 e. The molecule has 0 spiro atoms. The van der Waals surface area contributed by atoms with Crippen molar-refractivity contribution in [2.45, 2.75) is 48.0 Å². The second-order valence-corrected chi connectivity index (χ2v) is 8.86. The summed E-state index contributed by atoms with van der Waals surface area (Å²) in [6, 6.07) is 18.5. The molecule has 0 atom stereocenters. The summed E-state index contributed by atoms with van der Waals surface area (Å²) >= 11 is 0. The summed E-state index contributed by atoms with van der Waals surface area (Å²) in [4.78, 5) is 0. The van der Waals surface area contributed by atoms with E-state index < -0.39 is 0 Å². The lowest BCUT2D eigenvalue weighted by Gasteiger charge is -2.16. The molecule has 0 heteroatoms. The van der Waals surface area contributed by atoms with Gasteiger partial charge < -0.3 is 0 Å². The molecular weight excluding hydrogens is 336 g/mol. The van der Waals surface area contributed by atoms with Crippen LogP contribution in [0.15, 0.2) is 54.1 Å². The van der Waals surface area contributed by atoms with Crippen LogP contribution in [-0.4, -0.2) is 0 Å². The van der Waals surface area contributed by atoms with Crippen molar-refractivity contribution in [2.24, 2.45) is 5.92 Å². The molecule has 1 aliphatic carbocycles. The third-order valence-corrected chi connectivity index (χ3v) is 5.87. The van der Waals surface area contributed by atoms with Gasteiger partial charge >= 0.3 is 0 Å². The van der Waals surface area contributed by atoms with Crippen LogP contribution in [0.3, 0.4) is 0 Å². The first-order chi connectivity index (χ1) is 13.3. The molecule has 142 valence electrons. The minimum atomic E-state index is 0.576. The highest BCUT2D eigenvalue weighted by Gasteiger charge is 2.22. The summed E-state index contributed by atoms with van der Waals surface area (Å²) < 4.78 is 0. The van der Waals surface area contributed by atoms with Gasteiger partial charge in [0.15, 0.2) is 0 Å². The van der Waals surface area contributed by atoms with Crippen molar-refractivity contribution in [2.75, 3.05) is 0 Å². The smallest absolute Gasteiger partial charge is 0.00489 e. The Hall–Kier alpha value is -2.60. The van der Waals surface area contributed by atoms with Crippen LogP contribution in [0.2, 0.25) is 0 Å². The van der Waals surface area contributed by atoms with Gasteiger partial charge in [0.25, 0.3) is 0 Å². The van der Waals surface area contributed by atoms with Gasteiger partial charge in [-0.25, -0.2) is 0 Å². The molecule has 0 fully saturated rings. The monoisotopic (exact) mass is 366 g/mol. The SMILES string of the molecule is Cc1cc(C)cc(-c2ccc(-c3cc(C)cc(C)c3)c3c2C=C(C(C)C)C3)c1. The predicted molar refractivity (Wildman–Crippen MR) is 123 cm³/mol. The van der Waals surface area contributed by atoms with E-state index in [2.05, 4.69) is 96.1 Å². The van der Waals surface area contributed by atoms with Crippen LogP contribution >= 0.6 is 0 Å². The van der Waals surface area contributed by atoms with E-state index in [1.165, 1.54) is 61.2 Å². The zero-order chi connectivity index (χ0) is 20.0. The third kappa shape index (κ3) is 3.44. The average molecular weight is 367 g/mol. The lowest BCUT2D eigenvalue weighted by Crippen LogP contribution is -1.97. The molecule has 0 radical (unpaired) electrons. The molecule has 0 aromatic heterocycles. The van der Waals surface area contributed by atoms with E-state index in [4.69, 9.17) is 0 Å². The highest BCUT2D eigenvalue weighted by Crippen LogP contribution is 2.42. The van der Waals surface area contributed by atoms with Crippen LogP contribution in [0, 0.1) is 33.6 Å². The predicted octanol–water partition coefficient (Wildman–Crippen LogP) is 7.85. The van der Waals surface area contributed by atoms with E-state index in [-0.39, 0.29) is 0 Å². The van der Waals surface area contributed by atoms with Crippen molar-refractivity contribution in [3.8, 4) is 22.3 Å². The second-order valence-electron chi connectivity index (χ2n) is 8.86.